The highest BCUT2D eigenvalue weighted by atomic mass is 19.4. The molecule has 0 aliphatic carbocycles. The summed E-state index contributed by atoms with van der Waals surface area (Å²) in [6, 6.07) is 13.7. The summed E-state index contributed by atoms with van der Waals surface area (Å²) in [7, 11) is 0. The molecular weight excluding hydrogens is 485 g/mol. The third kappa shape index (κ3) is 8.23. The SMILES string of the molecule is CCCCCCOc1ccc(-c2ccc(C(=O)O[C@@H]([C@H]3OC(=O)C[C@@H]3CCCC)C(F)(F)F)cc2)cc1. The minimum atomic E-state index is -4.87. The van der Waals surface area contributed by atoms with Crippen LogP contribution in [-0.2, 0) is 14.3 Å². The number of esters is 2. The molecule has 8 heteroatoms. The van der Waals surface area contributed by atoms with Gasteiger partial charge in [-0.1, -0.05) is 70.2 Å². The molecule has 1 aliphatic rings. The molecule has 0 bridgehead atoms. The Kier molecular flexibility index (Phi) is 10.4. The van der Waals surface area contributed by atoms with E-state index in [4.69, 9.17) is 14.2 Å². The summed E-state index contributed by atoms with van der Waals surface area (Å²) in [6.07, 6.45) is -2.69. The first-order valence-electron chi connectivity index (χ1n) is 13.0. The van der Waals surface area contributed by atoms with Crippen LogP contribution in [0.25, 0.3) is 11.1 Å². The van der Waals surface area contributed by atoms with Gasteiger partial charge in [0.25, 0.3) is 0 Å². The average Bonchev–Trinajstić information content (AvgIpc) is 3.25. The molecule has 2 aromatic carbocycles. The number of benzene rings is 2. The van der Waals surface area contributed by atoms with Crippen molar-refractivity contribution in [3.05, 3.63) is 54.1 Å². The molecular formula is C29H35F3O5. The molecule has 1 saturated heterocycles. The van der Waals surface area contributed by atoms with Crippen molar-refractivity contribution in [3.63, 3.8) is 0 Å². The van der Waals surface area contributed by atoms with Crippen molar-refractivity contribution in [2.75, 3.05) is 6.61 Å². The molecule has 0 spiro atoms. The van der Waals surface area contributed by atoms with Crippen molar-refractivity contribution in [1.82, 2.24) is 0 Å². The van der Waals surface area contributed by atoms with Crippen molar-refractivity contribution in [2.45, 2.75) is 83.6 Å². The van der Waals surface area contributed by atoms with Gasteiger partial charge >= 0.3 is 18.1 Å². The van der Waals surface area contributed by atoms with Crippen molar-refractivity contribution >= 4 is 11.9 Å². The maximum atomic E-state index is 13.8. The molecule has 1 aliphatic heterocycles. The number of unbranched alkanes of at least 4 members (excludes halogenated alkanes) is 4. The lowest BCUT2D eigenvalue weighted by Gasteiger charge is -2.28. The number of carbonyl (C=O) groups excluding carboxylic acids is 2. The molecule has 1 heterocycles. The van der Waals surface area contributed by atoms with E-state index in [-0.39, 0.29) is 12.0 Å². The Morgan fingerprint density at radius 2 is 1.57 bits per heavy atom. The fraction of sp³-hybridized carbons (Fsp3) is 0.517. The zero-order valence-electron chi connectivity index (χ0n) is 21.4. The summed E-state index contributed by atoms with van der Waals surface area (Å²) < 4.78 is 57.2. The van der Waals surface area contributed by atoms with E-state index in [2.05, 4.69) is 6.92 Å². The molecule has 1 fully saturated rings. The molecule has 5 nitrogen and oxygen atoms in total. The fourth-order valence-corrected chi connectivity index (χ4v) is 4.43. The van der Waals surface area contributed by atoms with Gasteiger partial charge in [-0.05, 0) is 48.2 Å². The highest BCUT2D eigenvalue weighted by Crippen LogP contribution is 2.37. The van der Waals surface area contributed by atoms with Gasteiger partial charge in [0.2, 0.25) is 6.10 Å². The largest absolute Gasteiger partial charge is 0.494 e. The Morgan fingerprint density at radius 3 is 2.16 bits per heavy atom. The Morgan fingerprint density at radius 1 is 0.946 bits per heavy atom. The summed E-state index contributed by atoms with van der Waals surface area (Å²) in [5, 5.41) is 0. The van der Waals surface area contributed by atoms with Gasteiger partial charge in [0.1, 0.15) is 5.75 Å². The Balaban J connectivity index is 1.64. The summed E-state index contributed by atoms with van der Waals surface area (Å²) in [6.45, 7) is 4.73. The first-order valence-corrected chi connectivity index (χ1v) is 13.0. The quantitative estimate of drug-likeness (QED) is 0.202. The molecule has 0 saturated carbocycles. The lowest BCUT2D eigenvalue weighted by molar-refractivity contribution is -0.234. The number of alkyl halides is 3. The van der Waals surface area contributed by atoms with Crippen LogP contribution in [-0.4, -0.2) is 36.9 Å². The van der Waals surface area contributed by atoms with Crippen LogP contribution in [0.5, 0.6) is 5.75 Å². The van der Waals surface area contributed by atoms with Gasteiger partial charge in [0.05, 0.1) is 18.6 Å². The Hall–Kier alpha value is -3.03. The minimum absolute atomic E-state index is 0.0144. The van der Waals surface area contributed by atoms with E-state index in [0.717, 1.165) is 36.1 Å². The number of ether oxygens (including phenoxy) is 3. The molecule has 0 N–H and O–H groups in total. The number of rotatable bonds is 13. The first-order chi connectivity index (χ1) is 17.7. The summed E-state index contributed by atoms with van der Waals surface area (Å²) in [4.78, 5) is 24.4. The Bertz CT molecular complexity index is 1000. The van der Waals surface area contributed by atoms with E-state index in [1.54, 1.807) is 12.1 Å². The number of hydrogen-bond acceptors (Lipinski definition) is 5. The van der Waals surface area contributed by atoms with Gasteiger partial charge in [0.15, 0.2) is 6.10 Å². The van der Waals surface area contributed by atoms with Crippen molar-refractivity contribution < 1.29 is 37.0 Å². The lowest BCUT2D eigenvalue weighted by Crippen LogP contribution is -2.46. The smallest absolute Gasteiger partial charge is 0.429 e. The van der Waals surface area contributed by atoms with Gasteiger partial charge in [-0.15, -0.1) is 0 Å². The van der Waals surface area contributed by atoms with Gasteiger partial charge in [-0.3, -0.25) is 4.79 Å². The van der Waals surface area contributed by atoms with Crippen LogP contribution in [0.2, 0.25) is 0 Å². The van der Waals surface area contributed by atoms with E-state index >= 15 is 0 Å². The van der Waals surface area contributed by atoms with Crippen LogP contribution in [0.1, 0.15) is 75.6 Å². The molecule has 3 atom stereocenters. The Labute approximate surface area is 216 Å². The molecule has 3 rings (SSSR count). The van der Waals surface area contributed by atoms with Gasteiger partial charge in [-0.25, -0.2) is 4.79 Å². The number of halogens is 3. The molecule has 0 aromatic heterocycles. The van der Waals surface area contributed by atoms with Gasteiger partial charge in [0, 0.05) is 5.92 Å². The molecule has 0 radical (unpaired) electrons. The van der Waals surface area contributed by atoms with E-state index in [9.17, 15) is 22.8 Å². The number of cyclic esters (lactones) is 1. The van der Waals surface area contributed by atoms with Crippen LogP contribution in [0, 0.1) is 5.92 Å². The monoisotopic (exact) mass is 520 g/mol. The molecule has 202 valence electrons. The third-order valence-electron chi connectivity index (χ3n) is 6.52. The molecule has 37 heavy (non-hydrogen) atoms. The second kappa shape index (κ2) is 13.5. The van der Waals surface area contributed by atoms with Crippen LogP contribution >= 0.6 is 0 Å². The summed E-state index contributed by atoms with van der Waals surface area (Å²) in [5.74, 6) is -1.69. The maximum Gasteiger partial charge on any atom is 0.429 e. The topological polar surface area (TPSA) is 61.8 Å². The summed E-state index contributed by atoms with van der Waals surface area (Å²) >= 11 is 0. The predicted octanol–water partition coefficient (Wildman–Crippen LogP) is 7.52. The van der Waals surface area contributed by atoms with Crippen molar-refractivity contribution in [1.29, 1.82) is 0 Å². The molecule has 0 unspecified atom stereocenters. The zero-order chi connectivity index (χ0) is 26.8. The van der Waals surface area contributed by atoms with E-state index in [1.807, 2.05) is 31.2 Å². The molecule has 2 aromatic rings. The first kappa shape index (κ1) is 28.5. The second-order valence-corrected chi connectivity index (χ2v) is 9.44. The lowest BCUT2D eigenvalue weighted by atomic mass is 9.91. The average molecular weight is 521 g/mol. The zero-order valence-corrected chi connectivity index (χ0v) is 21.4. The van der Waals surface area contributed by atoms with E-state index in [1.165, 1.54) is 25.0 Å². The van der Waals surface area contributed by atoms with Crippen LogP contribution < -0.4 is 4.74 Å². The number of hydrogen-bond donors (Lipinski definition) is 0. The van der Waals surface area contributed by atoms with Crippen molar-refractivity contribution in [3.8, 4) is 16.9 Å². The summed E-state index contributed by atoms with van der Waals surface area (Å²) in [5.41, 5.74) is 1.66. The van der Waals surface area contributed by atoms with Crippen molar-refractivity contribution in [2.24, 2.45) is 5.92 Å². The van der Waals surface area contributed by atoms with E-state index < -0.39 is 36.2 Å². The van der Waals surface area contributed by atoms with E-state index in [0.29, 0.717) is 19.4 Å². The predicted molar refractivity (Wildman–Crippen MR) is 134 cm³/mol. The van der Waals surface area contributed by atoms with Crippen LogP contribution in [0.4, 0.5) is 13.2 Å². The highest BCUT2D eigenvalue weighted by molar-refractivity contribution is 5.90. The van der Waals surface area contributed by atoms with Crippen LogP contribution in [0.3, 0.4) is 0 Å². The second-order valence-electron chi connectivity index (χ2n) is 9.44. The van der Waals surface area contributed by atoms with Crippen LogP contribution in [0.15, 0.2) is 48.5 Å². The number of carbonyl (C=O) groups is 2. The molecule has 0 amide bonds. The van der Waals surface area contributed by atoms with Gasteiger partial charge in [-0.2, -0.15) is 13.2 Å². The maximum absolute atomic E-state index is 13.8. The standard InChI is InChI=1S/C29H35F3O5/c1-3-5-7-8-18-35-24-16-14-21(15-17-24)20-10-12-22(13-11-20)28(34)37-27(29(30,31)32)26-23(9-6-4-2)19-25(33)36-26/h10-17,23,26-27H,3-9,18-19H2,1-2H3/t23-,26-,27-/m0/s1. The highest BCUT2D eigenvalue weighted by Gasteiger charge is 2.54. The fourth-order valence-electron chi connectivity index (χ4n) is 4.43. The third-order valence-corrected chi connectivity index (χ3v) is 6.52. The van der Waals surface area contributed by atoms with Gasteiger partial charge < -0.3 is 14.2 Å². The minimum Gasteiger partial charge on any atom is -0.494 e. The normalized spacial score (nSPS) is 18.4.